The third kappa shape index (κ3) is 5.90. The highest BCUT2D eigenvalue weighted by Gasteiger charge is 2.40. The van der Waals surface area contributed by atoms with E-state index in [9.17, 15) is 9.59 Å². The second-order valence-electron chi connectivity index (χ2n) is 5.67. The van der Waals surface area contributed by atoms with Gasteiger partial charge in [0.15, 0.2) is 0 Å². The number of hydrogen-bond donors (Lipinski definition) is 0. The zero-order chi connectivity index (χ0) is 15.8. The Kier molecular flexibility index (Phi) is 8.46. The van der Waals surface area contributed by atoms with Crippen LogP contribution in [0.25, 0.3) is 0 Å². The predicted molar refractivity (Wildman–Crippen MR) is 78.3 cm³/mol. The van der Waals surface area contributed by atoms with Gasteiger partial charge in [-0.2, -0.15) is 0 Å². The molecule has 0 saturated heterocycles. The molecule has 0 rings (SSSR count). The monoisotopic (exact) mass is 287 g/mol. The van der Waals surface area contributed by atoms with E-state index in [1.807, 2.05) is 34.6 Å². The summed E-state index contributed by atoms with van der Waals surface area (Å²) < 4.78 is 10.3. The molecule has 0 N–H and O–H groups in total. The molecule has 0 aromatic rings. The van der Waals surface area contributed by atoms with Crippen molar-refractivity contribution in [3.63, 3.8) is 0 Å². The summed E-state index contributed by atoms with van der Waals surface area (Å²) in [5, 5.41) is 0. The number of ether oxygens (including phenoxy) is 2. The third-order valence-electron chi connectivity index (χ3n) is 3.04. The number of hydrogen-bond acceptors (Lipinski definition) is 4. The Balaban J connectivity index is 4.95. The van der Waals surface area contributed by atoms with Crippen LogP contribution in [0.2, 0.25) is 0 Å². The molecule has 0 aliphatic carbocycles. The number of rotatable bonds is 8. The fourth-order valence-electron chi connectivity index (χ4n) is 1.98. The Morgan fingerprint density at radius 1 is 1.10 bits per heavy atom. The van der Waals surface area contributed by atoms with Crippen molar-refractivity contribution >= 4 is 11.9 Å². The SMILES string of the molecule is CCOCCN(CC)C(=O)C(C(=O)OCC)C(C)(C)C. The summed E-state index contributed by atoms with van der Waals surface area (Å²) in [5.74, 6) is -1.40. The highest BCUT2D eigenvalue weighted by molar-refractivity contribution is 5.98. The van der Waals surface area contributed by atoms with Crippen LogP contribution >= 0.6 is 0 Å². The smallest absolute Gasteiger partial charge is 0.319 e. The van der Waals surface area contributed by atoms with E-state index in [0.717, 1.165) is 0 Å². The lowest BCUT2D eigenvalue weighted by Gasteiger charge is -2.32. The van der Waals surface area contributed by atoms with E-state index in [4.69, 9.17) is 9.47 Å². The highest BCUT2D eigenvalue weighted by Crippen LogP contribution is 2.29. The van der Waals surface area contributed by atoms with Gasteiger partial charge in [-0.05, 0) is 26.2 Å². The number of nitrogens with zero attached hydrogens (tertiary/aromatic N) is 1. The molecule has 20 heavy (non-hydrogen) atoms. The summed E-state index contributed by atoms with van der Waals surface area (Å²) in [5.41, 5.74) is -0.470. The van der Waals surface area contributed by atoms with Gasteiger partial charge in [0.2, 0.25) is 5.91 Å². The summed E-state index contributed by atoms with van der Waals surface area (Å²) in [6.07, 6.45) is 0. The van der Waals surface area contributed by atoms with Crippen LogP contribution in [-0.4, -0.2) is 49.7 Å². The van der Waals surface area contributed by atoms with Crippen LogP contribution in [0.1, 0.15) is 41.5 Å². The van der Waals surface area contributed by atoms with Crippen LogP contribution < -0.4 is 0 Å². The first-order valence-electron chi connectivity index (χ1n) is 7.32. The Labute approximate surface area is 122 Å². The van der Waals surface area contributed by atoms with Crippen molar-refractivity contribution in [1.82, 2.24) is 4.90 Å². The van der Waals surface area contributed by atoms with Gasteiger partial charge in [0.1, 0.15) is 5.92 Å². The minimum atomic E-state index is -0.774. The van der Waals surface area contributed by atoms with Gasteiger partial charge in [-0.3, -0.25) is 9.59 Å². The number of carbonyl (C=O) groups excluding carboxylic acids is 2. The maximum Gasteiger partial charge on any atom is 0.319 e. The van der Waals surface area contributed by atoms with E-state index in [-0.39, 0.29) is 12.5 Å². The van der Waals surface area contributed by atoms with E-state index in [1.54, 1.807) is 11.8 Å². The van der Waals surface area contributed by atoms with Gasteiger partial charge >= 0.3 is 5.97 Å². The third-order valence-corrected chi connectivity index (χ3v) is 3.04. The fourth-order valence-corrected chi connectivity index (χ4v) is 1.98. The summed E-state index contributed by atoms with van der Waals surface area (Å²) >= 11 is 0. The lowest BCUT2D eigenvalue weighted by molar-refractivity contribution is -0.160. The zero-order valence-electron chi connectivity index (χ0n) is 13.7. The maximum atomic E-state index is 12.6. The number of amides is 1. The van der Waals surface area contributed by atoms with Gasteiger partial charge < -0.3 is 14.4 Å². The van der Waals surface area contributed by atoms with Crippen LogP contribution in [0.15, 0.2) is 0 Å². The molecule has 0 aliphatic rings. The van der Waals surface area contributed by atoms with Crippen molar-refractivity contribution in [2.24, 2.45) is 11.3 Å². The largest absolute Gasteiger partial charge is 0.465 e. The first-order valence-corrected chi connectivity index (χ1v) is 7.32. The van der Waals surface area contributed by atoms with Crippen molar-refractivity contribution in [2.75, 3.05) is 32.9 Å². The number of carbonyl (C=O) groups is 2. The molecule has 0 fully saturated rings. The van der Waals surface area contributed by atoms with Crippen molar-refractivity contribution < 1.29 is 19.1 Å². The molecular weight excluding hydrogens is 258 g/mol. The predicted octanol–water partition coefficient (Wildman–Crippen LogP) is 2.10. The normalized spacial score (nSPS) is 12.9. The molecule has 0 aromatic heterocycles. The van der Waals surface area contributed by atoms with Gasteiger partial charge in [0.05, 0.1) is 13.2 Å². The molecule has 118 valence electrons. The fraction of sp³-hybridized carbons (Fsp3) is 0.867. The van der Waals surface area contributed by atoms with Crippen molar-refractivity contribution in [2.45, 2.75) is 41.5 Å². The Hall–Kier alpha value is -1.10. The second kappa shape index (κ2) is 8.95. The molecule has 0 aromatic carbocycles. The zero-order valence-corrected chi connectivity index (χ0v) is 13.7. The lowest BCUT2D eigenvalue weighted by Crippen LogP contribution is -2.46. The second-order valence-corrected chi connectivity index (χ2v) is 5.67. The van der Waals surface area contributed by atoms with Gasteiger partial charge in [-0.25, -0.2) is 0 Å². The molecule has 0 radical (unpaired) electrons. The average molecular weight is 287 g/mol. The quantitative estimate of drug-likeness (QED) is 0.390. The van der Waals surface area contributed by atoms with E-state index >= 15 is 0 Å². The standard InChI is InChI=1S/C15H29NO4/c1-7-16(10-11-19-8-2)13(17)12(15(4,5)6)14(18)20-9-3/h12H,7-11H2,1-6H3. The Morgan fingerprint density at radius 3 is 2.10 bits per heavy atom. The van der Waals surface area contributed by atoms with Gasteiger partial charge in [0.25, 0.3) is 0 Å². The molecular formula is C15H29NO4. The average Bonchev–Trinajstić information content (AvgIpc) is 2.33. The topological polar surface area (TPSA) is 55.8 Å². The first kappa shape index (κ1) is 18.9. The van der Waals surface area contributed by atoms with E-state index < -0.39 is 17.3 Å². The molecule has 0 aliphatic heterocycles. The van der Waals surface area contributed by atoms with Gasteiger partial charge in [-0.1, -0.05) is 20.8 Å². The highest BCUT2D eigenvalue weighted by atomic mass is 16.5. The summed E-state index contributed by atoms with van der Waals surface area (Å²) in [4.78, 5) is 26.3. The maximum absolute atomic E-state index is 12.6. The molecule has 1 unspecified atom stereocenters. The first-order chi connectivity index (χ1) is 9.29. The van der Waals surface area contributed by atoms with Gasteiger partial charge in [-0.15, -0.1) is 0 Å². The summed E-state index contributed by atoms with van der Waals surface area (Å²) in [7, 11) is 0. The van der Waals surface area contributed by atoms with Crippen LogP contribution in [0.4, 0.5) is 0 Å². The van der Waals surface area contributed by atoms with Crippen LogP contribution in [0.5, 0.6) is 0 Å². The van der Waals surface area contributed by atoms with Crippen LogP contribution in [-0.2, 0) is 19.1 Å². The minimum absolute atomic E-state index is 0.182. The molecule has 1 amide bonds. The lowest BCUT2D eigenvalue weighted by atomic mass is 9.79. The Bertz CT molecular complexity index is 309. The van der Waals surface area contributed by atoms with Crippen molar-refractivity contribution in [3.05, 3.63) is 0 Å². The number of esters is 1. The Morgan fingerprint density at radius 2 is 1.70 bits per heavy atom. The van der Waals surface area contributed by atoms with E-state index in [1.165, 1.54) is 0 Å². The molecule has 0 heterocycles. The molecule has 5 nitrogen and oxygen atoms in total. The molecule has 1 atom stereocenters. The van der Waals surface area contributed by atoms with Gasteiger partial charge in [0, 0.05) is 19.7 Å². The van der Waals surface area contributed by atoms with Crippen LogP contribution in [0.3, 0.4) is 0 Å². The van der Waals surface area contributed by atoms with Crippen LogP contribution in [0, 0.1) is 11.3 Å². The molecule has 0 spiro atoms. The minimum Gasteiger partial charge on any atom is -0.465 e. The molecule has 0 bridgehead atoms. The molecule has 5 heteroatoms. The molecule has 0 saturated carbocycles. The van der Waals surface area contributed by atoms with E-state index in [2.05, 4.69) is 0 Å². The van der Waals surface area contributed by atoms with Crippen molar-refractivity contribution in [3.8, 4) is 0 Å². The van der Waals surface area contributed by atoms with Crippen molar-refractivity contribution in [1.29, 1.82) is 0 Å². The summed E-state index contributed by atoms with van der Waals surface area (Å²) in [6.45, 7) is 13.6. The number of likely N-dealkylation sites (N-methyl/N-ethyl adjacent to an activating group) is 1. The van der Waals surface area contributed by atoms with E-state index in [0.29, 0.717) is 26.3 Å². The summed E-state index contributed by atoms with van der Waals surface area (Å²) in [6, 6.07) is 0.